The zero-order valence-corrected chi connectivity index (χ0v) is 8.58. The van der Waals surface area contributed by atoms with Gasteiger partial charge in [0.1, 0.15) is 5.54 Å². The minimum Gasteiger partial charge on any atom is -0.378 e. The Labute approximate surface area is 84.2 Å². The normalized spacial score (nSPS) is 38.2. The maximum atomic E-state index is 11.5. The van der Waals surface area contributed by atoms with Gasteiger partial charge in [-0.2, -0.15) is 0 Å². The molecule has 2 rings (SSSR count). The van der Waals surface area contributed by atoms with Gasteiger partial charge in [-0.05, 0) is 26.2 Å². The Morgan fingerprint density at radius 1 is 1.57 bits per heavy atom. The van der Waals surface area contributed by atoms with Crippen LogP contribution in [0.15, 0.2) is 0 Å². The lowest BCUT2D eigenvalue weighted by Crippen LogP contribution is -2.60. The summed E-state index contributed by atoms with van der Waals surface area (Å²) in [7, 11) is 0. The van der Waals surface area contributed by atoms with Crippen LogP contribution in [0.25, 0.3) is 0 Å². The number of nitrogens with one attached hydrogen (secondary N) is 1. The molecule has 2 fully saturated rings. The van der Waals surface area contributed by atoms with Crippen LogP contribution in [-0.4, -0.2) is 30.2 Å². The summed E-state index contributed by atoms with van der Waals surface area (Å²) in [4.78, 5) is 11.5. The van der Waals surface area contributed by atoms with E-state index in [4.69, 9.17) is 10.5 Å². The molecule has 0 bridgehead atoms. The number of carbonyl (C=O) groups is 1. The van der Waals surface area contributed by atoms with Crippen molar-refractivity contribution in [2.75, 3.05) is 6.61 Å². The summed E-state index contributed by atoms with van der Waals surface area (Å²) in [5.74, 6) is -0.223. The third kappa shape index (κ3) is 1.91. The molecule has 4 nitrogen and oxygen atoms in total. The van der Waals surface area contributed by atoms with Gasteiger partial charge in [0.15, 0.2) is 0 Å². The average molecular weight is 198 g/mol. The smallest absolute Gasteiger partial charge is 0.237 e. The Morgan fingerprint density at radius 2 is 2.29 bits per heavy atom. The lowest BCUT2D eigenvalue weighted by atomic mass is 9.86. The summed E-state index contributed by atoms with van der Waals surface area (Å²) in [6.45, 7) is 2.62. The largest absolute Gasteiger partial charge is 0.378 e. The van der Waals surface area contributed by atoms with Gasteiger partial charge in [0.2, 0.25) is 5.91 Å². The molecule has 1 heterocycles. The van der Waals surface area contributed by atoms with E-state index in [1.807, 2.05) is 6.92 Å². The zero-order chi connectivity index (χ0) is 10.2. The maximum Gasteiger partial charge on any atom is 0.237 e. The summed E-state index contributed by atoms with van der Waals surface area (Å²) in [5.41, 5.74) is 4.98. The fraction of sp³-hybridized carbons (Fsp3) is 0.900. The first kappa shape index (κ1) is 9.93. The van der Waals surface area contributed by atoms with Gasteiger partial charge in [-0.15, -0.1) is 0 Å². The molecule has 0 spiro atoms. The summed E-state index contributed by atoms with van der Waals surface area (Å²) in [5, 5.41) is 3.38. The zero-order valence-electron chi connectivity index (χ0n) is 8.58. The van der Waals surface area contributed by atoms with Crippen LogP contribution >= 0.6 is 0 Å². The van der Waals surface area contributed by atoms with Crippen molar-refractivity contribution in [2.45, 2.75) is 50.3 Å². The Morgan fingerprint density at radius 3 is 2.79 bits per heavy atom. The van der Waals surface area contributed by atoms with Crippen LogP contribution < -0.4 is 11.1 Å². The van der Waals surface area contributed by atoms with E-state index in [1.54, 1.807) is 0 Å². The quantitative estimate of drug-likeness (QED) is 0.679. The van der Waals surface area contributed by atoms with Crippen LogP contribution in [0.1, 0.15) is 32.6 Å². The Kier molecular flexibility index (Phi) is 2.49. The predicted octanol–water partition coefficient (Wildman–Crippen LogP) is 0.161. The maximum absolute atomic E-state index is 11.5. The van der Waals surface area contributed by atoms with Crippen molar-refractivity contribution in [2.24, 2.45) is 5.73 Å². The highest BCUT2D eigenvalue weighted by Crippen LogP contribution is 2.30. The van der Waals surface area contributed by atoms with E-state index in [1.165, 1.54) is 12.8 Å². The second-order valence-corrected chi connectivity index (χ2v) is 4.50. The van der Waals surface area contributed by atoms with Gasteiger partial charge < -0.3 is 15.8 Å². The first-order valence-corrected chi connectivity index (χ1v) is 5.32. The monoisotopic (exact) mass is 198 g/mol. The predicted molar refractivity (Wildman–Crippen MR) is 52.7 cm³/mol. The molecule has 2 aliphatic rings. The lowest BCUT2D eigenvalue weighted by molar-refractivity contribution is -0.131. The Bertz CT molecular complexity index is 236. The molecule has 1 saturated heterocycles. The van der Waals surface area contributed by atoms with Crippen molar-refractivity contribution in [1.29, 1.82) is 0 Å². The van der Waals surface area contributed by atoms with Gasteiger partial charge in [-0.1, -0.05) is 0 Å². The molecule has 80 valence electrons. The SMILES string of the molecule is CC1CC(NC2CC2)(C(N)=O)CCO1. The molecule has 0 radical (unpaired) electrons. The minimum atomic E-state index is -0.501. The number of amides is 1. The van der Waals surface area contributed by atoms with E-state index in [0.29, 0.717) is 25.5 Å². The molecule has 1 amide bonds. The number of rotatable bonds is 3. The van der Waals surface area contributed by atoms with Gasteiger partial charge in [0.05, 0.1) is 6.10 Å². The molecule has 3 N–H and O–H groups in total. The Balaban J connectivity index is 2.06. The molecule has 1 saturated carbocycles. The van der Waals surface area contributed by atoms with E-state index in [2.05, 4.69) is 5.32 Å². The second kappa shape index (κ2) is 3.51. The molecule has 1 aliphatic heterocycles. The summed E-state index contributed by atoms with van der Waals surface area (Å²) < 4.78 is 5.44. The van der Waals surface area contributed by atoms with Crippen LogP contribution in [-0.2, 0) is 9.53 Å². The molecule has 2 atom stereocenters. The minimum absolute atomic E-state index is 0.127. The van der Waals surface area contributed by atoms with Crippen LogP contribution in [0.4, 0.5) is 0 Å². The van der Waals surface area contributed by atoms with Crippen LogP contribution in [0.5, 0.6) is 0 Å². The lowest BCUT2D eigenvalue weighted by Gasteiger charge is -2.38. The number of ether oxygens (including phenoxy) is 1. The second-order valence-electron chi connectivity index (χ2n) is 4.50. The van der Waals surface area contributed by atoms with Gasteiger partial charge in [0, 0.05) is 19.1 Å². The average Bonchev–Trinajstić information content (AvgIpc) is 2.88. The molecule has 2 unspecified atom stereocenters. The molecule has 0 aromatic carbocycles. The van der Waals surface area contributed by atoms with Crippen LogP contribution in [0, 0.1) is 0 Å². The molecule has 0 aromatic heterocycles. The van der Waals surface area contributed by atoms with E-state index < -0.39 is 5.54 Å². The first-order valence-electron chi connectivity index (χ1n) is 5.32. The summed E-state index contributed by atoms with van der Waals surface area (Å²) in [6, 6.07) is 0.507. The molecule has 0 aromatic rings. The van der Waals surface area contributed by atoms with Crippen molar-refractivity contribution in [3.63, 3.8) is 0 Å². The number of hydrogen-bond acceptors (Lipinski definition) is 3. The number of carbonyl (C=O) groups excluding carboxylic acids is 1. The van der Waals surface area contributed by atoms with E-state index >= 15 is 0 Å². The third-order valence-corrected chi connectivity index (χ3v) is 3.10. The van der Waals surface area contributed by atoms with E-state index in [9.17, 15) is 4.79 Å². The highest BCUT2D eigenvalue weighted by molar-refractivity contribution is 5.85. The highest BCUT2D eigenvalue weighted by Gasteiger charge is 2.44. The number of hydrogen-bond donors (Lipinski definition) is 2. The van der Waals surface area contributed by atoms with Crippen LogP contribution in [0.2, 0.25) is 0 Å². The molecule has 14 heavy (non-hydrogen) atoms. The standard InChI is InChI=1S/C10H18N2O2/c1-7-6-10(9(11)13,4-5-14-7)12-8-2-3-8/h7-8,12H,2-6H2,1H3,(H2,11,13). The summed E-state index contributed by atoms with van der Waals surface area (Å²) in [6.07, 6.45) is 3.89. The highest BCUT2D eigenvalue weighted by atomic mass is 16.5. The van der Waals surface area contributed by atoms with Crippen molar-refractivity contribution in [1.82, 2.24) is 5.32 Å². The van der Waals surface area contributed by atoms with Crippen molar-refractivity contribution in [3.05, 3.63) is 0 Å². The van der Waals surface area contributed by atoms with Gasteiger partial charge in [-0.3, -0.25) is 4.79 Å². The number of primary amides is 1. The number of nitrogens with two attached hydrogens (primary N) is 1. The topological polar surface area (TPSA) is 64.3 Å². The van der Waals surface area contributed by atoms with Crippen molar-refractivity contribution >= 4 is 5.91 Å². The van der Waals surface area contributed by atoms with Crippen LogP contribution in [0.3, 0.4) is 0 Å². The third-order valence-electron chi connectivity index (χ3n) is 3.10. The van der Waals surface area contributed by atoms with Gasteiger partial charge >= 0.3 is 0 Å². The van der Waals surface area contributed by atoms with Crippen molar-refractivity contribution < 1.29 is 9.53 Å². The molecule has 4 heteroatoms. The van der Waals surface area contributed by atoms with Gasteiger partial charge in [-0.25, -0.2) is 0 Å². The fourth-order valence-corrected chi connectivity index (χ4v) is 2.13. The molecular weight excluding hydrogens is 180 g/mol. The van der Waals surface area contributed by atoms with Crippen molar-refractivity contribution in [3.8, 4) is 0 Å². The summed E-state index contributed by atoms with van der Waals surface area (Å²) >= 11 is 0. The van der Waals surface area contributed by atoms with E-state index in [-0.39, 0.29) is 12.0 Å². The van der Waals surface area contributed by atoms with Gasteiger partial charge in [0.25, 0.3) is 0 Å². The molecular formula is C10H18N2O2. The molecule has 1 aliphatic carbocycles. The first-order chi connectivity index (χ1) is 6.62. The van der Waals surface area contributed by atoms with E-state index in [0.717, 1.165) is 0 Å². The fourth-order valence-electron chi connectivity index (χ4n) is 2.13. The Hall–Kier alpha value is -0.610.